The number of aryl methyl sites for hydroxylation is 1. The molecular weight excluding hydrogens is 496 g/mol. The second-order valence-electron chi connectivity index (χ2n) is 12.3. The zero-order chi connectivity index (χ0) is 27.1. The van der Waals surface area contributed by atoms with E-state index < -0.39 is 0 Å². The Hall–Kier alpha value is -3.38. The molecule has 0 spiro atoms. The van der Waals surface area contributed by atoms with Crippen molar-refractivity contribution in [1.29, 1.82) is 0 Å². The first-order valence-electron chi connectivity index (χ1n) is 15.2. The number of carbonyl (C=O) groups is 1. The molecule has 6 nitrogen and oxygen atoms in total. The van der Waals surface area contributed by atoms with Crippen LogP contribution in [0.15, 0.2) is 77.4 Å². The fourth-order valence-electron chi connectivity index (χ4n) is 8.22. The fourth-order valence-corrected chi connectivity index (χ4v) is 8.22. The van der Waals surface area contributed by atoms with Crippen LogP contribution in [0.4, 0.5) is 0 Å². The molecule has 3 aliphatic heterocycles. The number of hydrogen-bond acceptors (Lipinski definition) is 4. The summed E-state index contributed by atoms with van der Waals surface area (Å²) in [4.78, 5) is 22.6. The number of hydrogen-bond donors (Lipinski definition) is 0. The summed E-state index contributed by atoms with van der Waals surface area (Å²) in [5, 5.41) is 0. The van der Waals surface area contributed by atoms with E-state index in [1.54, 1.807) is 18.4 Å². The minimum absolute atomic E-state index is 0.0204. The summed E-state index contributed by atoms with van der Waals surface area (Å²) in [6, 6.07) is 25.1. The minimum Gasteiger partial charge on any atom is -0.459 e. The number of imidazole rings is 1. The summed E-state index contributed by atoms with van der Waals surface area (Å²) in [7, 11) is 0. The van der Waals surface area contributed by atoms with Crippen LogP contribution < -0.4 is 0 Å². The van der Waals surface area contributed by atoms with Crippen LogP contribution in [0.5, 0.6) is 0 Å². The van der Waals surface area contributed by atoms with Gasteiger partial charge in [0.25, 0.3) is 5.91 Å². The SMILES string of the molecule is Cc1nc2ccccc2n1C1C[C@H]2CC[C@H](C1)N2CCCC1(c2ccccc2)CCN(C(=O)c2ccco2)CC1. The number of fused-ring (bicyclic) bond motifs is 3. The third-order valence-corrected chi connectivity index (χ3v) is 10.2. The number of carbonyl (C=O) groups excluding carboxylic acids is 1. The Kier molecular flexibility index (Phi) is 6.74. The first-order chi connectivity index (χ1) is 19.6. The van der Waals surface area contributed by atoms with Crippen LogP contribution in [0.1, 0.15) is 79.4 Å². The van der Waals surface area contributed by atoms with Crippen molar-refractivity contribution in [3.8, 4) is 0 Å². The monoisotopic (exact) mass is 536 g/mol. The Morgan fingerprint density at radius 2 is 1.65 bits per heavy atom. The molecule has 6 heteroatoms. The molecule has 3 aliphatic rings. The van der Waals surface area contributed by atoms with Gasteiger partial charge >= 0.3 is 0 Å². The molecule has 208 valence electrons. The second-order valence-corrected chi connectivity index (χ2v) is 12.3. The van der Waals surface area contributed by atoms with Crippen molar-refractivity contribution < 1.29 is 9.21 Å². The average molecular weight is 537 g/mol. The van der Waals surface area contributed by atoms with Crippen molar-refractivity contribution in [2.45, 2.75) is 81.8 Å². The average Bonchev–Trinajstić information content (AvgIpc) is 3.70. The molecule has 1 amide bonds. The van der Waals surface area contributed by atoms with Gasteiger partial charge in [-0.1, -0.05) is 42.5 Å². The van der Waals surface area contributed by atoms with Gasteiger partial charge in [-0.2, -0.15) is 0 Å². The highest BCUT2D eigenvalue weighted by molar-refractivity contribution is 5.91. The Morgan fingerprint density at radius 3 is 2.38 bits per heavy atom. The smallest absolute Gasteiger partial charge is 0.289 e. The molecule has 0 radical (unpaired) electrons. The van der Waals surface area contributed by atoms with Gasteiger partial charge in [-0.3, -0.25) is 9.69 Å². The molecule has 5 heterocycles. The summed E-state index contributed by atoms with van der Waals surface area (Å²) in [5.41, 5.74) is 3.98. The molecule has 2 atom stereocenters. The highest BCUT2D eigenvalue weighted by Gasteiger charge is 2.43. The maximum Gasteiger partial charge on any atom is 0.289 e. The maximum absolute atomic E-state index is 12.9. The van der Waals surface area contributed by atoms with E-state index in [2.05, 4.69) is 71.0 Å². The fraction of sp³-hybridized carbons (Fsp3) is 0.471. The number of benzene rings is 2. The van der Waals surface area contributed by atoms with Gasteiger partial charge < -0.3 is 13.9 Å². The third-order valence-electron chi connectivity index (χ3n) is 10.2. The number of piperidine rings is 2. The van der Waals surface area contributed by atoms with Gasteiger partial charge in [0.1, 0.15) is 5.82 Å². The number of furan rings is 1. The summed E-state index contributed by atoms with van der Waals surface area (Å²) in [5.74, 6) is 1.62. The topological polar surface area (TPSA) is 54.5 Å². The standard InChI is InChI=1S/C34H40N4O2/c1-25-35-30-11-5-6-12-31(30)38(25)29-23-27-14-15-28(24-29)37(27)19-8-16-34(26-9-3-2-4-10-26)17-20-36(21-18-34)33(39)32-13-7-22-40-32/h2-7,9-13,22,27-29H,8,14-21,23-24H2,1H3/t27-,28-/m1/s1. The number of likely N-dealkylation sites (tertiary alicyclic amines) is 1. The predicted molar refractivity (Wildman–Crippen MR) is 157 cm³/mol. The van der Waals surface area contributed by atoms with Crippen molar-refractivity contribution in [1.82, 2.24) is 19.4 Å². The lowest BCUT2D eigenvalue weighted by Crippen LogP contribution is -2.46. The van der Waals surface area contributed by atoms with Crippen LogP contribution in [-0.2, 0) is 5.41 Å². The van der Waals surface area contributed by atoms with Crippen LogP contribution in [-0.4, -0.2) is 57.0 Å². The summed E-state index contributed by atoms with van der Waals surface area (Å²) in [6.45, 7) is 4.91. The zero-order valence-electron chi connectivity index (χ0n) is 23.5. The van der Waals surface area contributed by atoms with Gasteiger partial charge in [0.15, 0.2) is 5.76 Å². The van der Waals surface area contributed by atoms with Crippen molar-refractivity contribution in [3.63, 3.8) is 0 Å². The Bertz CT molecular complexity index is 1440. The molecule has 4 aromatic rings. The minimum atomic E-state index is 0.0204. The van der Waals surface area contributed by atoms with Crippen LogP contribution >= 0.6 is 0 Å². The van der Waals surface area contributed by atoms with Crippen LogP contribution in [0, 0.1) is 6.92 Å². The molecule has 3 saturated heterocycles. The van der Waals surface area contributed by atoms with Crippen molar-refractivity contribution in [3.05, 3.63) is 90.1 Å². The van der Waals surface area contributed by atoms with Crippen molar-refractivity contribution >= 4 is 16.9 Å². The predicted octanol–water partition coefficient (Wildman–Crippen LogP) is 6.76. The number of amides is 1. The molecule has 0 N–H and O–H groups in total. The first kappa shape index (κ1) is 25.6. The summed E-state index contributed by atoms with van der Waals surface area (Å²) < 4.78 is 7.93. The van der Waals surface area contributed by atoms with Gasteiger partial charge in [-0.15, -0.1) is 0 Å². The number of para-hydroxylation sites is 2. The molecule has 2 aromatic heterocycles. The van der Waals surface area contributed by atoms with E-state index in [9.17, 15) is 4.79 Å². The lowest BCUT2D eigenvalue weighted by molar-refractivity contribution is 0.0612. The Morgan fingerprint density at radius 1 is 0.925 bits per heavy atom. The van der Waals surface area contributed by atoms with Crippen LogP contribution in [0.25, 0.3) is 11.0 Å². The summed E-state index contributed by atoms with van der Waals surface area (Å²) in [6.07, 6.45) is 11.1. The Balaban J connectivity index is 1.02. The molecule has 40 heavy (non-hydrogen) atoms. The molecule has 0 unspecified atom stereocenters. The first-order valence-corrected chi connectivity index (χ1v) is 15.2. The molecule has 2 bridgehead atoms. The van der Waals surface area contributed by atoms with E-state index in [0.717, 1.165) is 37.3 Å². The van der Waals surface area contributed by atoms with Crippen molar-refractivity contribution in [2.24, 2.45) is 0 Å². The molecule has 0 saturated carbocycles. The largest absolute Gasteiger partial charge is 0.459 e. The lowest BCUT2D eigenvalue weighted by Gasteiger charge is -2.44. The number of nitrogens with zero attached hydrogens (tertiary/aromatic N) is 4. The molecule has 2 aromatic carbocycles. The van der Waals surface area contributed by atoms with Gasteiger partial charge in [0.2, 0.25) is 0 Å². The third kappa shape index (κ3) is 4.56. The van der Waals surface area contributed by atoms with E-state index in [4.69, 9.17) is 9.40 Å². The van der Waals surface area contributed by atoms with E-state index in [1.165, 1.54) is 56.1 Å². The summed E-state index contributed by atoms with van der Waals surface area (Å²) >= 11 is 0. The molecule has 3 fully saturated rings. The van der Waals surface area contributed by atoms with Gasteiger partial charge in [0.05, 0.1) is 17.3 Å². The van der Waals surface area contributed by atoms with Gasteiger partial charge in [0, 0.05) is 31.2 Å². The normalized spacial score (nSPS) is 24.5. The maximum atomic E-state index is 12.9. The van der Waals surface area contributed by atoms with Crippen LogP contribution in [0.2, 0.25) is 0 Å². The highest BCUT2D eigenvalue weighted by Crippen LogP contribution is 2.44. The Labute approximate surface area is 237 Å². The van der Waals surface area contributed by atoms with Crippen molar-refractivity contribution in [2.75, 3.05) is 19.6 Å². The second kappa shape index (κ2) is 10.5. The number of aromatic nitrogens is 2. The molecule has 0 aliphatic carbocycles. The highest BCUT2D eigenvalue weighted by atomic mass is 16.3. The van der Waals surface area contributed by atoms with E-state index in [0.29, 0.717) is 23.9 Å². The lowest BCUT2D eigenvalue weighted by atomic mass is 9.69. The zero-order valence-corrected chi connectivity index (χ0v) is 23.5. The van der Waals surface area contributed by atoms with E-state index in [-0.39, 0.29) is 11.3 Å². The molecule has 7 rings (SSSR count). The quantitative estimate of drug-likeness (QED) is 0.262. The van der Waals surface area contributed by atoms with Gasteiger partial charge in [-0.05, 0) is 100 Å². The number of rotatable bonds is 7. The van der Waals surface area contributed by atoms with E-state index >= 15 is 0 Å². The van der Waals surface area contributed by atoms with Crippen LogP contribution in [0.3, 0.4) is 0 Å². The van der Waals surface area contributed by atoms with Gasteiger partial charge in [-0.25, -0.2) is 4.98 Å². The molecular formula is C34H40N4O2. The van der Waals surface area contributed by atoms with E-state index in [1.807, 2.05) is 4.90 Å².